The second-order valence-electron chi connectivity index (χ2n) is 4.69. The molecule has 0 spiro atoms. The van der Waals surface area contributed by atoms with Crippen molar-refractivity contribution in [3.63, 3.8) is 0 Å². The fourth-order valence-electron chi connectivity index (χ4n) is 1.68. The zero-order chi connectivity index (χ0) is 9.19. The highest BCUT2D eigenvalue weighted by Gasteiger charge is 2.22. The Labute approximate surface area is 76.3 Å². The van der Waals surface area contributed by atoms with Gasteiger partial charge in [0.15, 0.2) is 0 Å². The summed E-state index contributed by atoms with van der Waals surface area (Å²) in [6.07, 6.45) is 1.26. The minimum atomic E-state index is 0.337. The van der Waals surface area contributed by atoms with Gasteiger partial charge in [0.1, 0.15) is 0 Å². The van der Waals surface area contributed by atoms with Crippen LogP contribution in [-0.2, 0) is 0 Å². The summed E-state index contributed by atoms with van der Waals surface area (Å²) in [7, 11) is 0. The van der Waals surface area contributed by atoms with Crippen LogP contribution in [-0.4, -0.2) is 36.1 Å². The van der Waals surface area contributed by atoms with Gasteiger partial charge in [0.2, 0.25) is 0 Å². The molecule has 0 aromatic carbocycles. The molecular weight excluding hydrogens is 148 g/mol. The predicted octanol–water partition coefficient (Wildman–Crippen LogP) is 1.47. The molecule has 1 heterocycles. The van der Waals surface area contributed by atoms with Gasteiger partial charge in [0.25, 0.3) is 0 Å². The molecule has 1 fully saturated rings. The summed E-state index contributed by atoms with van der Waals surface area (Å²) < 4.78 is 0. The minimum absolute atomic E-state index is 0.337. The molecule has 0 aromatic heterocycles. The third-order valence-electron chi connectivity index (χ3n) is 2.76. The quantitative estimate of drug-likeness (QED) is 0.641. The molecule has 0 saturated carbocycles. The van der Waals surface area contributed by atoms with Crippen LogP contribution < -0.4 is 5.32 Å². The fourth-order valence-corrected chi connectivity index (χ4v) is 1.68. The predicted molar refractivity (Wildman–Crippen MR) is 53.4 cm³/mol. The van der Waals surface area contributed by atoms with Gasteiger partial charge in [-0.15, -0.1) is 0 Å². The zero-order valence-corrected chi connectivity index (χ0v) is 8.85. The lowest BCUT2D eigenvalue weighted by atomic mass is 10.0. The molecule has 1 saturated heterocycles. The average molecular weight is 170 g/mol. The Kier molecular flexibility index (Phi) is 3.13. The van der Waals surface area contributed by atoms with Crippen LogP contribution >= 0.6 is 0 Å². The van der Waals surface area contributed by atoms with E-state index in [-0.39, 0.29) is 0 Å². The van der Waals surface area contributed by atoms with Gasteiger partial charge in [0.05, 0.1) is 0 Å². The normalized spacial score (nSPS) is 25.8. The van der Waals surface area contributed by atoms with Crippen molar-refractivity contribution in [1.29, 1.82) is 0 Å². The number of nitrogens with zero attached hydrogens (tertiary/aromatic N) is 1. The molecule has 12 heavy (non-hydrogen) atoms. The van der Waals surface area contributed by atoms with Crippen LogP contribution in [0.2, 0.25) is 0 Å². The molecule has 0 aromatic rings. The molecule has 1 rings (SSSR count). The third-order valence-corrected chi connectivity index (χ3v) is 2.76. The molecular formula is C10H22N2. The Hall–Kier alpha value is -0.0800. The van der Waals surface area contributed by atoms with Gasteiger partial charge in [-0.3, -0.25) is 4.90 Å². The minimum Gasteiger partial charge on any atom is -0.310 e. The van der Waals surface area contributed by atoms with Gasteiger partial charge < -0.3 is 5.32 Å². The van der Waals surface area contributed by atoms with E-state index in [1.54, 1.807) is 0 Å². The SMILES string of the molecule is CC(C)N1CCNC(C)(C)CC1. The van der Waals surface area contributed by atoms with Crippen LogP contribution in [0.5, 0.6) is 0 Å². The molecule has 72 valence electrons. The standard InChI is InChI=1S/C10H22N2/c1-9(2)12-7-5-10(3,4)11-6-8-12/h9,11H,5-8H2,1-4H3. The first-order chi connectivity index (χ1) is 5.51. The molecule has 2 nitrogen and oxygen atoms in total. The van der Waals surface area contributed by atoms with Gasteiger partial charge >= 0.3 is 0 Å². The van der Waals surface area contributed by atoms with Gasteiger partial charge in [-0.05, 0) is 34.1 Å². The number of nitrogens with one attached hydrogen (secondary N) is 1. The van der Waals surface area contributed by atoms with E-state index in [2.05, 4.69) is 37.9 Å². The molecule has 1 aliphatic rings. The van der Waals surface area contributed by atoms with E-state index in [1.807, 2.05) is 0 Å². The first kappa shape index (κ1) is 10.0. The van der Waals surface area contributed by atoms with E-state index in [1.165, 1.54) is 19.5 Å². The Balaban J connectivity index is 2.45. The number of rotatable bonds is 1. The summed E-state index contributed by atoms with van der Waals surface area (Å²) in [6.45, 7) is 12.7. The summed E-state index contributed by atoms with van der Waals surface area (Å²) in [5.74, 6) is 0. The fraction of sp³-hybridized carbons (Fsp3) is 1.00. The molecule has 1 N–H and O–H groups in total. The third kappa shape index (κ3) is 2.76. The Bertz CT molecular complexity index is 141. The lowest BCUT2D eigenvalue weighted by molar-refractivity contribution is 0.231. The highest BCUT2D eigenvalue weighted by molar-refractivity contribution is 4.83. The largest absolute Gasteiger partial charge is 0.310 e. The Morgan fingerprint density at radius 3 is 2.50 bits per heavy atom. The lowest BCUT2D eigenvalue weighted by Gasteiger charge is -2.25. The highest BCUT2D eigenvalue weighted by Crippen LogP contribution is 2.13. The molecule has 0 bridgehead atoms. The van der Waals surface area contributed by atoms with Gasteiger partial charge in [0, 0.05) is 31.2 Å². The van der Waals surface area contributed by atoms with Crippen molar-refractivity contribution >= 4 is 0 Å². The van der Waals surface area contributed by atoms with E-state index < -0.39 is 0 Å². The maximum Gasteiger partial charge on any atom is 0.0137 e. The first-order valence-electron chi connectivity index (χ1n) is 5.00. The summed E-state index contributed by atoms with van der Waals surface area (Å²) in [5.41, 5.74) is 0.337. The molecule has 0 amide bonds. The van der Waals surface area contributed by atoms with Crippen molar-refractivity contribution in [2.75, 3.05) is 19.6 Å². The molecule has 0 unspecified atom stereocenters. The lowest BCUT2D eigenvalue weighted by Crippen LogP contribution is -2.39. The molecule has 0 aliphatic carbocycles. The van der Waals surface area contributed by atoms with Crippen LogP contribution in [0.25, 0.3) is 0 Å². The van der Waals surface area contributed by atoms with E-state index in [4.69, 9.17) is 0 Å². The second-order valence-corrected chi connectivity index (χ2v) is 4.69. The second kappa shape index (κ2) is 3.75. The smallest absolute Gasteiger partial charge is 0.0137 e. The van der Waals surface area contributed by atoms with Crippen molar-refractivity contribution < 1.29 is 0 Å². The van der Waals surface area contributed by atoms with Crippen LogP contribution in [0.1, 0.15) is 34.1 Å². The van der Waals surface area contributed by atoms with E-state index in [0.29, 0.717) is 11.6 Å². The van der Waals surface area contributed by atoms with Crippen LogP contribution in [0.4, 0.5) is 0 Å². The maximum atomic E-state index is 3.56. The Morgan fingerprint density at radius 1 is 1.25 bits per heavy atom. The van der Waals surface area contributed by atoms with E-state index in [0.717, 1.165) is 6.54 Å². The number of hydrogen-bond donors (Lipinski definition) is 1. The van der Waals surface area contributed by atoms with Crippen molar-refractivity contribution in [2.24, 2.45) is 0 Å². The topological polar surface area (TPSA) is 15.3 Å². The van der Waals surface area contributed by atoms with Gasteiger partial charge in [-0.2, -0.15) is 0 Å². The van der Waals surface area contributed by atoms with Crippen molar-refractivity contribution in [3.05, 3.63) is 0 Å². The molecule has 1 aliphatic heterocycles. The summed E-state index contributed by atoms with van der Waals surface area (Å²) in [5, 5.41) is 3.56. The number of hydrogen-bond acceptors (Lipinski definition) is 2. The monoisotopic (exact) mass is 170 g/mol. The van der Waals surface area contributed by atoms with Gasteiger partial charge in [-0.1, -0.05) is 0 Å². The summed E-state index contributed by atoms with van der Waals surface area (Å²) >= 11 is 0. The average Bonchev–Trinajstić information content (AvgIpc) is 2.10. The van der Waals surface area contributed by atoms with Crippen molar-refractivity contribution in [1.82, 2.24) is 10.2 Å². The molecule has 2 heteroatoms. The van der Waals surface area contributed by atoms with Crippen molar-refractivity contribution in [2.45, 2.75) is 45.7 Å². The Morgan fingerprint density at radius 2 is 1.92 bits per heavy atom. The van der Waals surface area contributed by atoms with E-state index in [9.17, 15) is 0 Å². The van der Waals surface area contributed by atoms with E-state index >= 15 is 0 Å². The first-order valence-corrected chi connectivity index (χ1v) is 5.00. The zero-order valence-electron chi connectivity index (χ0n) is 8.85. The van der Waals surface area contributed by atoms with Gasteiger partial charge in [-0.25, -0.2) is 0 Å². The van der Waals surface area contributed by atoms with Crippen LogP contribution in [0.15, 0.2) is 0 Å². The van der Waals surface area contributed by atoms with Crippen molar-refractivity contribution in [3.8, 4) is 0 Å². The highest BCUT2D eigenvalue weighted by atomic mass is 15.2. The maximum absolute atomic E-state index is 3.56. The van der Waals surface area contributed by atoms with Crippen LogP contribution in [0, 0.1) is 0 Å². The summed E-state index contributed by atoms with van der Waals surface area (Å²) in [6, 6.07) is 0.695. The summed E-state index contributed by atoms with van der Waals surface area (Å²) in [4.78, 5) is 2.54. The molecule has 0 radical (unpaired) electrons. The van der Waals surface area contributed by atoms with Crippen LogP contribution in [0.3, 0.4) is 0 Å². The molecule has 0 atom stereocenters.